The first-order valence-electron chi connectivity index (χ1n) is 4.86. The first-order valence-corrected chi connectivity index (χ1v) is 5.61. The van der Waals surface area contributed by atoms with Crippen LogP contribution >= 0.6 is 23.2 Å². The van der Waals surface area contributed by atoms with Gasteiger partial charge in [-0.2, -0.15) is 0 Å². The molecule has 0 amide bonds. The minimum Gasteiger partial charge on any atom is -0.394 e. The summed E-state index contributed by atoms with van der Waals surface area (Å²) in [7, 11) is 0. The second kappa shape index (κ2) is 5.14. The lowest BCUT2D eigenvalue weighted by atomic mass is 10.2. The smallest absolute Gasteiger partial charge is 0.225 e. The molecule has 0 aromatic carbocycles. The van der Waals surface area contributed by atoms with Crippen LogP contribution in [0.15, 0.2) is 6.07 Å². The highest BCUT2D eigenvalue weighted by molar-refractivity contribution is 6.32. The topological polar surface area (TPSA) is 58.5 Å². The fraction of sp³-hybridized carbons (Fsp3) is 0.556. The molecule has 1 aromatic rings. The summed E-state index contributed by atoms with van der Waals surface area (Å²) in [5, 5.41) is 9.62. The maximum absolute atomic E-state index is 9.25. The van der Waals surface area contributed by atoms with E-state index in [1.807, 2.05) is 4.90 Å². The fourth-order valence-corrected chi connectivity index (χ4v) is 2.01. The third-order valence-electron chi connectivity index (χ3n) is 2.43. The molecule has 1 aromatic heterocycles. The van der Waals surface area contributed by atoms with Crippen molar-refractivity contribution in [1.29, 1.82) is 0 Å². The van der Waals surface area contributed by atoms with E-state index in [4.69, 9.17) is 27.9 Å². The van der Waals surface area contributed by atoms with Crippen LogP contribution in [0.4, 0.5) is 5.82 Å². The van der Waals surface area contributed by atoms with Crippen molar-refractivity contribution < 1.29 is 9.84 Å². The minimum absolute atomic E-state index is 0.0178. The molecule has 7 heteroatoms. The Morgan fingerprint density at radius 1 is 1.50 bits per heavy atom. The Morgan fingerprint density at radius 2 is 2.31 bits per heavy atom. The van der Waals surface area contributed by atoms with Crippen LogP contribution in [-0.4, -0.2) is 41.1 Å². The number of ether oxygens (including phenoxy) is 1. The number of halogens is 2. The molecular formula is C9H11Cl2N3O2. The number of aliphatic hydroxyl groups excluding tert-OH is 1. The molecule has 1 aliphatic rings. The summed E-state index contributed by atoms with van der Waals surface area (Å²) in [5.41, 5.74) is 0. The molecule has 1 aliphatic heterocycles. The summed E-state index contributed by atoms with van der Waals surface area (Å²) >= 11 is 11.5. The quantitative estimate of drug-likeness (QED) is 0.645. The van der Waals surface area contributed by atoms with E-state index in [1.54, 1.807) is 6.07 Å². The molecule has 16 heavy (non-hydrogen) atoms. The minimum atomic E-state index is -0.0178. The Morgan fingerprint density at radius 3 is 3.00 bits per heavy atom. The molecule has 0 saturated carbocycles. The standard InChI is InChI=1S/C9H11Cl2N3O2/c10-7-3-8(13-9(11)12-7)14-5-16-2-1-6(14)4-15/h3,6,15H,1-2,4-5H2/t6-/m1/s1. The van der Waals surface area contributed by atoms with E-state index in [2.05, 4.69) is 9.97 Å². The van der Waals surface area contributed by atoms with Gasteiger partial charge in [-0.1, -0.05) is 11.6 Å². The van der Waals surface area contributed by atoms with Crippen molar-refractivity contribution in [3.8, 4) is 0 Å². The van der Waals surface area contributed by atoms with Crippen LogP contribution in [-0.2, 0) is 4.74 Å². The molecule has 1 N–H and O–H groups in total. The molecular weight excluding hydrogens is 253 g/mol. The van der Waals surface area contributed by atoms with Crippen molar-refractivity contribution in [3.05, 3.63) is 16.5 Å². The predicted molar refractivity (Wildman–Crippen MR) is 60.8 cm³/mol. The highest BCUT2D eigenvalue weighted by Crippen LogP contribution is 2.23. The summed E-state index contributed by atoms with van der Waals surface area (Å²) in [6.07, 6.45) is 0.746. The van der Waals surface area contributed by atoms with E-state index in [1.165, 1.54) is 0 Å². The van der Waals surface area contributed by atoms with E-state index < -0.39 is 0 Å². The van der Waals surface area contributed by atoms with Gasteiger partial charge in [0.25, 0.3) is 0 Å². The summed E-state index contributed by atoms with van der Waals surface area (Å²) in [6, 6.07) is 1.58. The first-order chi connectivity index (χ1) is 7.70. The highest BCUT2D eigenvalue weighted by Gasteiger charge is 2.24. The molecule has 88 valence electrons. The second-order valence-corrected chi connectivity index (χ2v) is 4.18. The summed E-state index contributed by atoms with van der Waals surface area (Å²) < 4.78 is 5.32. The van der Waals surface area contributed by atoms with Gasteiger partial charge < -0.3 is 14.7 Å². The number of hydrogen-bond acceptors (Lipinski definition) is 5. The van der Waals surface area contributed by atoms with Crippen molar-refractivity contribution in [3.63, 3.8) is 0 Å². The van der Waals surface area contributed by atoms with Crippen molar-refractivity contribution in [1.82, 2.24) is 9.97 Å². The van der Waals surface area contributed by atoms with Crippen LogP contribution < -0.4 is 4.90 Å². The number of rotatable bonds is 2. The van der Waals surface area contributed by atoms with Gasteiger partial charge in [0.15, 0.2) is 0 Å². The third kappa shape index (κ3) is 2.55. The molecule has 0 bridgehead atoms. The maximum Gasteiger partial charge on any atom is 0.225 e. The number of hydrogen-bond donors (Lipinski definition) is 1. The lowest BCUT2D eigenvalue weighted by Crippen LogP contribution is -2.44. The van der Waals surface area contributed by atoms with E-state index in [0.717, 1.165) is 6.42 Å². The van der Waals surface area contributed by atoms with E-state index in [0.29, 0.717) is 19.2 Å². The van der Waals surface area contributed by atoms with Gasteiger partial charge in [-0.3, -0.25) is 0 Å². The monoisotopic (exact) mass is 263 g/mol. The van der Waals surface area contributed by atoms with Gasteiger partial charge in [-0.25, -0.2) is 9.97 Å². The molecule has 1 atom stereocenters. The zero-order valence-corrected chi connectivity index (χ0v) is 9.95. The Kier molecular flexibility index (Phi) is 3.81. The first kappa shape index (κ1) is 11.9. The van der Waals surface area contributed by atoms with Crippen LogP contribution in [0.25, 0.3) is 0 Å². The van der Waals surface area contributed by atoms with Gasteiger partial charge in [0.05, 0.1) is 19.3 Å². The van der Waals surface area contributed by atoms with Crippen molar-refractivity contribution >= 4 is 29.0 Å². The van der Waals surface area contributed by atoms with E-state index in [9.17, 15) is 5.11 Å². The Labute approximate surface area is 103 Å². The van der Waals surface area contributed by atoms with Gasteiger partial charge >= 0.3 is 0 Å². The van der Waals surface area contributed by atoms with E-state index in [-0.39, 0.29) is 23.1 Å². The number of anilines is 1. The summed E-state index contributed by atoms with van der Waals surface area (Å²) in [4.78, 5) is 9.65. The number of aliphatic hydroxyl groups is 1. The predicted octanol–water partition coefficient (Wildman–Crippen LogP) is 1.33. The molecule has 0 spiro atoms. The van der Waals surface area contributed by atoms with Gasteiger partial charge in [0.2, 0.25) is 5.28 Å². The Hall–Kier alpha value is -0.620. The van der Waals surface area contributed by atoms with Crippen LogP contribution in [0.2, 0.25) is 10.4 Å². The van der Waals surface area contributed by atoms with Crippen LogP contribution in [0.3, 0.4) is 0 Å². The summed E-state index contributed by atoms with van der Waals surface area (Å²) in [5.74, 6) is 0.573. The lowest BCUT2D eigenvalue weighted by Gasteiger charge is -2.35. The normalized spacial score (nSPS) is 21.2. The highest BCUT2D eigenvalue weighted by atomic mass is 35.5. The molecule has 0 radical (unpaired) electrons. The number of aromatic nitrogens is 2. The Balaban J connectivity index is 2.26. The van der Waals surface area contributed by atoms with Gasteiger partial charge in [-0.15, -0.1) is 0 Å². The molecule has 0 aliphatic carbocycles. The number of nitrogens with zero attached hydrogens (tertiary/aromatic N) is 3. The average Bonchev–Trinajstić information content (AvgIpc) is 2.27. The molecule has 1 saturated heterocycles. The van der Waals surface area contributed by atoms with Crippen molar-refractivity contribution in [2.45, 2.75) is 12.5 Å². The molecule has 2 heterocycles. The van der Waals surface area contributed by atoms with Crippen LogP contribution in [0, 0.1) is 0 Å². The third-order valence-corrected chi connectivity index (χ3v) is 2.79. The second-order valence-electron chi connectivity index (χ2n) is 3.45. The van der Waals surface area contributed by atoms with Crippen LogP contribution in [0.1, 0.15) is 6.42 Å². The molecule has 2 rings (SSSR count). The van der Waals surface area contributed by atoms with Gasteiger partial charge in [0.1, 0.15) is 17.7 Å². The molecule has 0 unspecified atom stereocenters. The molecule has 5 nitrogen and oxygen atoms in total. The zero-order chi connectivity index (χ0) is 11.5. The van der Waals surface area contributed by atoms with Crippen molar-refractivity contribution in [2.24, 2.45) is 0 Å². The Bertz CT molecular complexity index is 358. The maximum atomic E-state index is 9.25. The zero-order valence-electron chi connectivity index (χ0n) is 8.44. The van der Waals surface area contributed by atoms with Crippen LogP contribution in [0.5, 0.6) is 0 Å². The lowest BCUT2D eigenvalue weighted by molar-refractivity contribution is 0.0710. The SMILES string of the molecule is OC[C@H]1CCOCN1c1cc(Cl)nc(Cl)n1. The average molecular weight is 264 g/mol. The van der Waals surface area contributed by atoms with E-state index >= 15 is 0 Å². The molecule has 1 fully saturated rings. The van der Waals surface area contributed by atoms with Gasteiger partial charge in [0, 0.05) is 6.07 Å². The van der Waals surface area contributed by atoms with Crippen molar-refractivity contribution in [2.75, 3.05) is 24.8 Å². The summed E-state index contributed by atoms with van der Waals surface area (Å²) in [6.45, 7) is 1.05. The van der Waals surface area contributed by atoms with Gasteiger partial charge in [-0.05, 0) is 18.0 Å². The fourth-order valence-electron chi connectivity index (χ4n) is 1.61. The largest absolute Gasteiger partial charge is 0.394 e.